The third-order valence-corrected chi connectivity index (χ3v) is 6.28. The highest BCUT2D eigenvalue weighted by Crippen LogP contribution is 2.46. The van der Waals surface area contributed by atoms with E-state index in [1.807, 2.05) is 12.1 Å². The SMILES string of the molecule is CC1(C)CCC(C)(C)c2cc(COc3ccccc3-c3ccccc3)ccc21. The maximum absolute atomic E-state index is 6.29. The van der Waals surface area contributed by atoms with Crippen LogP contribution in [-0.4, -0.2) is 0 Å². The van der Waals surface area contributed by atoms with Gasteiger partial charge in [-0.3, -0.25) is 0 Å². The largest absolute Gasteiger partial charge is 0.488 e. The first-order valence-corrected chi connectivity index (χ1v) is 10.3. The van der Waals surface area contributed by atoms with E-state index in [2.05, 4.69) is 88.4 Å². The third kappa shape index (κ3) is 3.58. The highest BCUT2D eigenvalue weighted by molar-refractivity contribution is 5.70. The van der Waals surface area contributed by atoms with Crippen LogP contribution in [0.25, 0.3) is 11.1 Å². The van der Waals surface area contributed by atoms with E-state index in [1.54, 1.807) is 0 Å². The second kappa shape index (κ2) is 7.13. The number of hydrogen-bond donors (Lipinski definition) is 0. The van der Waals surface area contributed by atoms with Gasteiger partial charge in [0.25, 0.3) is 0 Å². The van der Waals surface area contributed by atoms with Crippen molar-refractivity contribution in [3.05, 3.63) is 89.5 Å². The first kappa shape index (κ1) is 18.8. The van der Waals surface area contributed by atoms with Gasteiger partial charge < -0.3 is 4.74 Å². The molecular weight excluding hydrogens is 340 g/mol. The minimum absolute atomic E-state index is 0.225. The van der Waals surface area contributed by atoms with Gasteiger partial charge >= 0.3 is 0 Å². The monoisotopic (exact) mass is 370 g/mol. The molecule has 0 heterocycles. The first-order valence-electron chi connectivity index (χ1n) is 10.3. The van der Waals surface area contributed by atoms with E-state index in [0.717, 1.165) is 11.3 Å². The van der Waals surface area contributed by atoms with E-state index in [1.165, 1.54) is 35.1 Å². The molecule has 0 amide bonds. The molecular formula is C27H30O. The molecule has 4 rings (SSSR count). The zero-order valence-corrected chi connectivity index (χ0v) is 17.5. The molecule has 1 aliphatic carbocycles. The number of para-hydroxylation sites is 1. The minimum Gasteiger partial charge on any atom is -0.488 e. The standard InChI is InChI=1S/C27H30O/c1-26(2)16-17-27(3,4)24-18-20(14-15-23(24)26)19-28-25-13-9-8-12-22(25)21-10-6-5-7-11-21/h5-15,18H,16-17,19H2,1-4H3. The van der Waals surface area contributed by atoms with Crippen molar-refractivity contribution >= 4 is 0 Å². The average molecular weight is 371 g/mol. The molecule has 0 atom stereocenters. The van der Waals surface area contributed by atoms with E-state index < -0.39 is 0 Å². The summed E-state index contributed by atoms with van der Waals surface area (Å²) in [4.78, 5) is 0. The normalized spacial score (nSPS) is 17.0. The van der Waals surface area contributed by atoms with E-state index >= 15 is 0 Å². The second-order valence-electron chi connectivity index (χ2n) is 9.30. The number of hydrogen-bond acceptors (Lipinski definition) is 1. The Morgan fingerprint density at radius 1 is 0.714 bits per heavy atom. The van der Waals surface area contributed by atoms with Crippen LogP contribution in [0.3, 0.4) is 0 Å². The van der Waals surface area contributed by atoms with E-state index in [9.17, 15) is 0 Å². The number of ether oxygens (including phenoxy) is 1. The summed E-state index contributed by atoms with van der Waals surface area (Å²) in [6, 6.07) is 25.7. The lowest BCUT2D eigenvalue weighted by Gasteiger charge is -2.42. The molecule has 1 nitrogen and oxygen atoms in total. The smallest absolute Gasteiger partial charge is 0.127 e. The lowest BCUT2D eigenvalue weighted by Crippen LogP contribution is -2.33. The van der Waals surface area contributed by atoms with Crippen molar-refractivity contribution in [2.45, 2.75) is 58.0 Å². The van der Waals surface area contributed by atoms with Gasteiger partial charge in [-0.2, -0.15) is 0 Å². The average Bonchev–Trinajstić information content (AvgIpc) is 2.71. The van der Waals surface area contributed by atoms with E-state index in [0.29, 0.717) is 6.61 Å². The quantitative estimate of drug-likeness (QED) is 0.469. The highest BCUT2D eigenvalue weighted by Gasteiger charge is 2.36. The van der Waals surface area contributed by atoms with Gasteiger partial charge in [-0.15, -0.1) is 0 Å². The summed E-state index contributed by atoms with van der Waals surface area (Å²) in [5.41, 5.74) is 7.03. The van der Waals surface area contributed by atoms with Crippen molar-refractivity contribution in [1.82, 2.24) is 0 Å². The van der Waals surface area contributed by atoms with Gasteiger partial charge in [0.2, 0.25) is 0 Å². The molecule has 1 aliphatic rings. The lowest BCUT2D eigenvalue weighted by atomic mass is 9.63. The summed E-state index contributed by atoms with van der Waals surface area (Å²) in [6.07, 6.45) is 2.47. The fraction of sp³-hybridized carbons (Fsp3) is 0.333. The van der Waals surface area contributed by atoms with Crippen molar-refractivity contribution in [1.29, 1.82) is 0 Å². The molecule has 0 radical (unpaired) electrons. The van der Waals surface area contributed by atoms with Crippen molar-refractivity contribution < 1.29 is 4.74 Å². The maximum Gasteiger partial charge on any atom is 0.127 e. The van der Waals surface area contributed by atoms with Crippen molar-refractivity contribution in [2.75, 3.05) is 0 Å². The summed E-state index contributed by atoms with van der Waals surface area (Å²) in [5.74, 6) is 0.936. The third-order valence-electron chi connectivity index (χ3n) is 6.28. The first-order chi connectivity index (χ1) is 13.4. The Morgan fingerprint density at radius 2 is 1.36 bits per heavy atom. The molecule has 3 aromatic rings. The molecule has 0 aromatic heterocycles. The Morgan fingerprint density at radius 3 is 2.11 bits per heavy atom. The summed E-state index contributed by atoms with van der Waals surface area (Å²) in [5, 5.41) is 0. The Labute approximate surface area is 169 Å². The van der Waals surface area contributed by atoms with Crippen LogP contribution in [0.4, 0.5) is 0 Å². The number of benzene rings is 3. The fourth-order valence-corrected chi connectivity index (χ4v) is 4.34. The molecule has 144 valence electrons. The van der Waals surface area contributed by atoms with Crippen LogP contribution in [0.15, 0.2) is 72.8 Å². The van der Waals surface area contributed by atoms with Crippen molar-refractivity contribution in [3.63, 3.8) is 0 Å². The summed E-state index contributed by atoms with van der Waals surface area (Å²) in [7, 11) is 0. The van der Waals surface area contributed by atoms with Crippen LogP contribution in [0.5, 0.6) is 5.75 Å². The second-order valence-corrected chi connectivity index (χ2v) is 9.30. The molecule has 0 fully saturated rings. The zero-order valence-electron chi connectivity index (χ0n) is 17.5. The Balaban J connectivity index is 1.61. The number of rotatable bonds is 4. The molecule has 0 unspecified atom stereocenters. The van der Waals surface area contributed by atoms with Crippen LogP contribution < -0.4 is 4.74 Å². The summed E-state index contributed by atoms with van der Waals surface area (Å²) in [6.45, 7) is 10.1. The number of fused-ring (bicyclic) bond motifs is 1. The van der Waals surface area contributed by atoms with Gasteiger partial charge in [-0.05, 0) is 52.0 Å². The van der Waals surface area contributed by atoms with Crippen LogP contribution >= 0.6 is 0 Å². The summed E-state index contributed by atoms with van der Waals surface area (Å²) < 4.78 is 6.29. The van der Waals surface area contributed by atoms with E-state index in [-0.39, 0.29) is 10.8 Å². The molecule has 0 aliphatic heterocycles. The predicted octanol–water partition coefficient (Wildman–Crippen LogP) is 7.28. The van der Waals surface area contributed by atoms with E-state index in [4.69, 9.17) is 4.74 Å². The van der Waals surface area contributed by atoms with Gasteiger partial charge in [-0.1, -0.05) is 94.4 Å². The van der Waals surface area contributed by atoms with Gasteiger partial charge in [0.15, 0.2) is 0 Å². The van der Waals surface area contributed by atoms with Gasteiger partial charge in [0.1, 0.15) is 12.4 Å². The van der Waals surface area contributed by atoms with Crippen LogP contribution in [0, 0.1) is 0 Å². The minimum atomic E-state index is 0.225. The van der Waals surface area contributed by atoms with Gasteiger partial charge in [-0.25, -0.2) is 0 Å². The van der Waals surface area contributed by atoms with Gasteiger partial charge in [0.05, 0.1) is 0 Å². The van der Waals surface area contributed by atoms with Crippen LogP contribution in [0.2, 0.25) is 0 Å². The molecule has 28 heavy (non-hydrogen) atoms. The topological polar surface area (TPSA) is 9.23 Å². The van der Waals surface area contributed by atoms with Gasteiger partial charge in [0, 0.05) is 5.56 Å². The Kier molecular flexibility index (Phi) is 4.79. The molecule has 0 N–H and O–H groups in total. The van der Waals surface area contributed by atoms with Crippen molar-refractivity contribution in [3.8, 4) is 16.9 Å². The molecule has 1 heteroatoms. The fourth-order valence-electron chi connectivity index (χ4n) is 4.34. The summed E-state index contributed by atoms with van der Waals surface area (Å²) >= 11 is 0. The molecule has 3 aromatic carbocycles. The maximum atomic E-state index is 6.29. The van der Waals surface area contributed by atoms with Crippen molar-refractivity contribution in [2.24, 2.45) is 0 Å². The molecule has 0 bridgehead atoms. The Hall–Kier alpha value is -2.54. The zero-order chi connectivity index (χ0) is 19.8. The Bertz CT molecular complexity index is 967. The molecule has 0 spiro atoms. The highest BCUT2D eigenvalue weighted by atomic mass is 16.5. The van der Waals surface area contributed by atoms with Crippen LogP contribution in [0.1, 0.15) is 57.2 Å². The predicted molar refractivity (Wildman–Crippen MR) is 118 cm³/mol. The lowest BCUT2D eigenvalue weighted by molar-refractivity contribution is 0.304. The van der Waals surface area contributed by atoms with Crippen LogP contribution in [-0.2, 0) is 17.4 Å². The molecule has 0 saturated carbocycles. The molecule has 0 saturated heterocycles.